The van der Waals surface area contributed by atoms with E-state index >= 15 is 0 Å². The van der Waals surface area contributed by atoms with E-state index in [0.717, 1.165) is 11.1 Å². The maximum atomic E-state index is 12.5. The van der Waals surface area contributed by atoms with Gasteiger partial charge in [-0.15, -0.1) is 0 Å². The van der Waals surface area contributed by atoms with Crippen LogP contribution in [0, 0.1) is 0 Å². The predicted octanol–water partition coefficient (Wildman–Crippen LogP) is 2.58. The first-order valence-electron chi connectivity index (χ1n) is 9.51. The van der Waals surface area contributed by atoms with Crippen molar-refractivity contribution in [3.63, 3.8) is 0 Å². The van der Waals surface area contributed by atoms with Gasteiger partial charge in [0, 0.05) is 6.54 Å². The summed E-state index contributed by atoms with van der Waals surface area (Å²) < 4.78 is 21.3. The van der Waals surface area contributed by atoms with Gasteiger partial charge in [0.05, 0.1) is 27.4 Å². The van der Waals surface area contributed by atoms with Crippen LogP contribution in [0.3, 0.4) is 0 Å². The van der Waals surface area contributed by atoms with Crippen molar-refractivity contribution in [1.29, 1.82) is 0 Å². The molecule has 1 unspecified atom stereocenters. The standard InChI is InChI=1S/C22H25N3O6/c1-28-18-9-14(10-19(29-2)20(18)30-3)11-24-21(27)17-12-31-22(25-17)16(23)8-13-4-6-15(26)7-5-13/h4-7,9-10,12,16,26H,8,11,23H2,1-3H3,(H,24,27). The Balaban J connectivity index is 1.64. The molecule has 0 aliphatic carbocycles. The molecule has 2 aromatic carbocycles. The maximum absolute atomic E-state index is 12.5. The van der Waals surface area contributed by atoms with E-state index in [1.807, 2.05) is 0 Å². The van der Waals surface area contributed by atoms with Crippen LogP contribution < -0.4 is 25.3 Å². The number of rotatable bonds is 9. The lowest BCUT2D eigenvalue weighted by molar-refractivity contribution is 0.0945. The number of carbonyl (C=O) groups is 1. The number of nitrogens with zero attached hydrogens (tertiary/aromatic N) is 1. The number of ether oxygens (including phenoxy) is 3. The predicted molar refractivity (Wildman–Crippen MR) is 113 cm³/mol. The van der Waals surface area contributed by atoms with Gasteiger partial charge in [-0.3, -0.25) is 4.79 Å². The highest BCUT2D eigenvalue weighted by Gasteiger charge is 2.18. The number of aromatic hydroxyl groups is 1. The minimum absolute atomic E-state index is 0.128. The van der Waals surface area contributed by atoms with Crippen LogP contribution in [0.25, 0.3) is 0 Å². The summed E-state index contributed by atoms with van der Waals surface area (Å²) in [5.41, 5.74) is 7.95. The highest BCUT2D eigenvalue weighted by molar-refractivity contribution is 5.91. The van der Waals surface area contributed by atoms with Crippen LogP contribution in [0.4, 0.5) is 0 Å². The minimum atomic E-state index is -0.527. The van der Waals surface area contributed by atoms with Gasteiger partial charge >= 0.3 is 0 Å². The Morgan fingerprint density at radius 2 is 1.74 bits per heavy atom. The number of carbonyl (C=O) groups excluding carboxylic acids is 1. The maximum Gasteiger partial charge on any atom is 0.273 e. The van der Waals surface area contributed by atoms with Crippen molar-refractivity contribution in [2.24, 2.45) is 5.73 Å². The van der Waals surface area contributed by atoms with Crippen LogP contribution >= 0.6 is 0 Å². The lowest BCUT2D eigenvalue weighted by atomic mass is 10.1. The molecule has 4 N–H and O–H groups in total. The zero-order valence-corrected chi connectivity index (χ0v) is 17.5. The van der Waals surface area contributed by atoms with Crippen molar-refractivity contribution in [3.8, 4) is 23.0 Å². The Morgan fingerprint density at radius 1 is 1.10 bits per heavy atom. The molecular weight excluding hydrogens is 402 g/mol. The van der Waals surface area contributed by atoms with Crippen LogP contribution in [0.2, 0.25) is 0 Å². The van der Waals surface area contributed by atoms with Gasteiger partial charge in [0.25, 0.3) is 5.91 Å². The summed E-state index contributed by atoms with van der Waals surface area (Å²) in [4.78, 5) is 16.7. The average molecular weight is 427 g/mol. The zero-order valence-electron chi connectivity index (χ0n) is 17.5. The average Bonchev–Trinajstić information content (AvgIpc) is 3.28. The van der Waals surface area contributed by atoms with Crippen molar-refractivity contribution >= 4 is 5.91 Å². The SMILES string of the molecule is COc1cc(CNC(=O)c2coc(C(N)Cc3ccc(O)cc3)n2)cc(OC)c1OC. The molecule has 1 amide bonds. The van der Waals surface area contributed by atoms with Crippen LogP contribution in [-0.4, -0.2) is 37.3 Å². The number of benzene rings is 2. The first-order valence-corrected chi connectivity index (χ1v) is 9.51. The van der Waals surface area contributed by atoms with Crippen molar-refractivity contribution in [3.05, 3.63) is 65.4 Å². The van der Waals surface area contributed by atoms with Crippen LogP contribution in [0.15, 0.2) is 47.1 Å². The molecule has 0 aliphatic rings. The lowest BCUT2D eigenvalue weighted by Gasteiger charge is -2.14. The molecule has 31 heavy (non-hydrogen) atoms. The fourth-order valence-corrected chi connectivity index (χ4v) is 3.05. The number of methoxy groups -OCH3 is 3. The number of nitrogens with two attached hydrogens (primary N) is 1. The van der Waals surface area contributed by atoms with Gasteiger partial charge in [0.2, 0.25) is 11.6 Å². The highest BCUT2D eigenvalue weighted by Crippen LogP contribution is 2.38. The molecule has 164 valence electrons. The molecule has 0 aliphatic heterocycles. The molecule has 0 saturated carbocycles. The van der Waals surface area contributed by atoms with E-state index in [-0.39, 0.29) is 23.9 Å². The van der Waals surface area contributed by atoms with E-state index in [2.05, 4.69) is 10.3 Å². The molecular formula is C22H25N3O6. The number of nitrogens with one attached hydrogen (secondary N) is 1. The fraction of sp³-hybridized carbons (Fsp3) is 0.273. The Labute approximate surface area is 179 Å². The van der Waals surface area contributed by atoms with Crippen molar-refractivity contribution in [1.82, 2.24) is 10.3 Å². The Kier molecular flexibility index (Phi) is 6.99. The van der Waals surface area contributed by atoms with Gasteiger partial charge in [-0.1, -0.05) is 12.1 Å². The highest BCUT2D eigenvalue weighted by atomic mass is 16.5. The smallest absolute Gasteiger partial charge is 0.273 e. The van der Waals surface area contributed by atoms with E-state index < -0.39 is 11.9 Å². The first kappa shape index (κ1) is 22.0. The number of phenolic OH excluding ortho intramolecular Hbond substituents is 1. The molecule has 0 saturated heterocycles. The Bertz CT molecular complexity index is 1010. The molecule has 1 atom stereocenters. The molecule has 0 radical (unpaired) electrons. The molecule has 9 nitrogen and oxygen atoms in total. The van der Waals surface area contributed by atoms with E-state index in [9.17, 15) is 9.90 Å². The molecule has 1 heterocycles. The third-order valence-corrected chi connectivity index (χ3v) is 4.64. The van der Waals surface area contributed by atoms with Crippen LogP contribution in [-0.2, 0) is 13.0 Å². The molecule has 0 spiro atoms. The van der Waals surface area contributed by atoms with Gasteiger partial charge < -0.3 is 34.8 Å². The van der Waals surface area contributed by atoms with E-state index in [4.69, 9.17) is 24.4 Å². The normalized spacial score (nSPS) is 11.6. The van der Waals surface area contributed by atoms with E-state index in [0.29, 0.717) is 23.7 Å². The molecule has 0 fully saturated rings. The number of aromatic nitrogens is 1. The topological polar surface area (TPSA) is 129 Å². The second kappa shape index (κ2) is 9.86. The number of hydrogen-bond donors (Lipinski definition) is 3. The summed E-state index contributed by atoms with van der Waals surface area (Å²) in [6.45, 7) is 0.220. The number of hydrogen-bond acceptors (Lipinski definition) is 8. The third-order valence-electron chi connectivity index (χ3n) is 4.64. The van der Waals surface area contributed by atoms with Gasteiger partial charge in [-0.2, -0.15) is 0 Å². The van der Waals surface area contributed by atoms with E-state index in [1.54, 1.807) is 36.4 Å². The van der Waals surface area contributed by atoms with Gasteiger partial charge in [0.1, 0.15) is 12.0 Å². The summed E-state index contributed by atoms with van der Waals surface area (Å²) in [5.74, 6) is 1.50. The van der Waals surface area contributed by atoms with Crippen molar-refractivity contribution < 1.29 is 28.5 Å². The third kappa shape index (κ3) is 5.26. The number of amides is 1. The molecule has 0 bridgehead atoms. The monoisotopic (exact) mass is 427 g/mol. The quantitative estimate of drug-likeness (QED) is 0.475. The molecule has 9 heteroatoms. The van der Waals surface area contributed by atoms with Crippen LogP contribution in [0.1, 0.15) is 33.5 Å². The second-order valence-corrected chi connectivity index (χ2v) is 6.76. The summed E-state index contributed by atoms with van der Waals surface area (Å²) in [6, 6.07) is 9.68. The van der Waals surface area contributed by atoms with Gasteiger partial charge in [0.15, 0.2) is 17.2 Å². The Morgan fingerprint density at radius 3 is 2.32 bits per heavy atom. The van der Waals surface area contributed by atoms with Crippen molar-refractivity contribution in [2.45, 2.75) is 19.0 Å². The summed E-state index contributed by atoms with van der Waals surface area (Å²) >= 11 is 0. The lowest BCUT2D eigenvalue weighted by Crippen LogP contribution is -2.23. The van der Waals surface area contributed by atoms with E-state index in [1.165, 1.54) is 27.6 Å². The summed E-state index contributed by atoms with van der Waals surface area (Å²) in [5, 5.41) is 12.1. The summed E-state index contributed by atoms with van der Waals surface area (Å²) in [6.07, 6.45) is 1.73. The first-order chi connectivity index (χ1) is 14.9. The molecule has 3 aromatic rings. The van der Waals surface area contributed by atoms with Gasteiger partial charge in [-0.05, 0) is 41.8 Å². The van der Waals surface area contributed by atoms with Crippen molar-refractivity contribution in [2.75, 3.05) is 21.3 Å². The number of phenols is 1. The van der Waals surface area contributed by atoms with Gasteiger partial charge in [-0.25, -0.2) is 4.98 Å². The second-order valence-electron chi connectivity index (χ2n) is 6.76. The van der Waals surface area contributed by atoms with Crippen LogP contribution in [0.5, 0.6) is 23.0 Å². The molecule has 3 rings (SSSR count). The zero-order chi connectivity index (χ0) is 22.4. The number of oxazole rings is 1. The fourth-order valence-electron chi connectivity index (χ4n) is 3.05. The largest absolute Gasteiger partial charge is 0.508 e. The summed E-state index contributed by atoms with van der Waals surface area (Å²) in [7, 11) is 4.58. The molecule has 1 aromatic heterocycles. The Hall–Kier alpha value is -3.72. The minimum Gasteiger partial charge on any atom is -0.508 e.